The zero-order chi connectivity index (χ0) is 22.9. The van der Waals surface area contributed by atoms with Crippen LogP contribution in [0.25, 0.3) is 10.9 Å². The van der Waals surface area contributed by atoms with Gasteiger partial charge < -0.3 is 4.90 Å². The molecule has 4 rings (SSSR count). The zero-order valence-electron chi connectivity index (χ0n) is 17.6. The lowest BCUT2D eigenvalue weighted by atomic mass is 10.2. The number of benzene rings is 2. The molecule has 8 nitrogen and oxygen atoms in total. The Labute approximate surface area is 191 Å². The summed E-state index contributed by atoms with van der Waals surface area (Å²) in [6, 6.07) is 13.2. The van der Waals surface area contributed by atoms with Crippen molar-refractivity contribution in [2.24, 2.45) is 0 Å². The molecule has 0 spiro atoms. The van der Waals surface area contributed by atoms with E-state index in [-0.39, 0.29) is 42.4 Å². The molecular formula is C22H23ClN4O4S. The van der Waals surface area contributed by atoms with Crippen LogP contribution in [0.1, 0.15) is 12.2 Å². The van der Waals surface area contributed by atoms with Crippen LogP contribution in [0.5, 0.6) is 0 Å². The Hall–Kier alpha value is -2.75. The molecule has 10 heteroatoms. The van der Waals surface area contributed by atoms with Gasteiger partial charge in [-0.05, 0) is 43.3 Å². The van der Waals surface area contributed by atoms with E-state index < -0.39 is 10.0 Å². The highest BCUT2D eigenvalue weighted by molar-refractivity contribution is 7.89. The third kappa shape index (κ3) is 4.41. The van der Waals surface area contributed by atoms with Gasteiger partial charge in [0.05, 0.1) is 15.8 Å². The number of halogens is 1. The van der Waals surface area contributed by atoms with Gasteiger partial charge in [0.15, 0.2) is 0 Å². The van der Waals surface area contributed by atoms with Crippen molar-refractivity contribution in [3.8, 4) is 0 Å². The molecule has 1 saturated heterocycles. The van der Waals surface area contributed by atoms with Gasteiger partial charge in [-0.15, -0.1) is 0 Å². The van der Waals surface area contributed by atoms with E-state index >= 15 is 0 Å². The molecule has 0 unspecified atom stereocenters. The number of piperazine rings is 1. The predicted octanol–water partition coefficient (Wildman–Crippen LogP) is 2.28. The maximum atomic E-state index is 12.8. The van der Waals surface area contributed by atoms with Crippen LogP contribution in [0, 0.1) is 6.92 Å². The van der Waals surface area contributed by atoms with Crippen molar-refractivity contribution in [3.63, 3.8) is 0 Å². The van der Waals surface area contributed by atoms with Crippen LogP contribution >= 0.6 is 11.6 Å². The van der Waals surface area contributed by atoms with Crippen LogP contribution in [-0.4, -0.2) is 59.3 Å². The number of aromatic nitrogens is 2. The lowest BCUT2D eigenvalue weighted by Crippen LogP contribution is -2.50. The first-order valence-electron chi connectivity index (χ1n) is 10.3. The van der Waals surface area contributed by atoms with Crippen LogP contribution in [0.2, 0.25) is 5.02 Å². The van der Waals surface area contributed by atoms with Crippen LogP contribution in [-0.2, 0) is 21.4 Å². The number of carbonyl (C=O) groups is 1. The Morgan fingerprint density at radius 1 is 1.03 bits per heavy atom. The molecule has 32 heavy (non-hydrogen) atoms. The first-order chi connectivity index (χ1) is 15.3. The molecule has 1 fully saturated rings. The number of rotatable bonds is 5. The average molecular weight is 475 g/mol. The van der Waals surface area contributed by atoms with Gasteiger partial charge in [0.25, 0.3) is 5.56 Å². The maximum absolute atomic E-state index is 12.8. The first kappa shape index (κ1) is 22.4. The summed E-state index contributed by atoms with van der Waals surface area (Å²) in [6.45, 7) is 3.01. The number of hydrogen-bond donors (Lipinski definition) is 0. The van der Waals surface area contributed by atoms with E-state index in [4.69, 9.17) is 11.6 Å². The second-order valence-electron chi connectivity index (χ2n) is 7.62. The highest BCUT2D eigenvalue weighted by Crippen LogP contribution is 2.20. The monoisotopic (exact) mass is 474 g/mol. The Morgan fingerprint density at radius 3 is 2.38 bits per heavy atom. The van der Waals surface area contributed by atoms with Gasteiger partial charge in [0, 0.05) is 44.2 Å². The van der Waals surface area contributed by atoms with E-state index in [2.05, 4.69) is 4.98 Å². The largest absolute Gasteiger partial charge is 0.340 e. The van der Waals surface area contributed by atoms with Crippen molar-refractivity contribution in [3.05, 3.63) is 69.7 Å². The average Bonchev–Trinajstić information content (AvgIpc) is 2.79. The third-order valence-electron chi connectivity index (χ3n) is 5.64. The minimum atomic E-state index is -3.63. The molecule has 0 bridgehead atoms. The van der Waals surface area contributed by atoms with E-state index in [9.17, 15) is 18.0 Å². The molecule has 2 aromatic carbocycles. The number of sulfonamides is 1. The van der Waals surface area contributed by atoms with Gasteiger partial charge in [-0.25, -0.2) is 13.4 Å². The summed E-state index contributed by atoms with van der Waals surface area (Å²) in [7, 11) is -3.63. The van der Waals surface area contributed by atoms with E-state index in [1.165, 1.54) is 21.0 Å². The summed E-state index contributed by atoms with van der Waals surface area (Å²) >= 11 is 5.85. The highest BCUT2D eigenvalue weighted by Gasteiger charge is 2.30. The molecule has 2 heterocycles. The zero-order valence-corrected chi connectivity index (χ0v) is 19.1. The molecular weight excluding hydrogens is 452 g/mol. The standard InChI is InChI=1S/C22H23ClN4O4S/c1-16-24-20-5-3-2-4-19(20)22(29)27(16)11-10-21(28)25-12-14-26(15-13-25)32(30,31)18-8-6-17(23)7-9-18/h2-9H,10-15H2,1H3. The lowest BCUT2D eigenvalue weighted by Gasteiger charge is -2.34. The molecule has 1 amide bonds. The van der Waals surface area contributed by atoms with Crippen LogP contribution < -0.4 is 5.56 Å². The van der Waals surface area contributed by atoms with Gasteiger partial charge in [0.2, 0.25) is 15.9 Å². The number of carbonyl (C=O) groups excluding carboxylic acids is 1. The van der Waals surface area contributed by atoms with Crippen molar-refractivity contribution in [1.29, 1.82) is 0 Å². The van der Waals surface area contributed by atoms with Crippen LogP contribution in [0.3, 0.4) is 0 Å². The molecule has 0 atom stereocenters. The summed E-state index contributed by atoms with van der Waals surface area (Å²) in [5.41, 5.74) is 0.468. The molecule has 0 N–H and O–H groups in total. The predicted molar refractivity (Wildman–Crippen MR) is 122 cm³/mol. The topological polar surface area (TPSA) is 92.6 Å². The van der Waals surface area contributed by atoms with Crippen LogP contribution in [0.4, 0.5) is 0 Å². The van der Waals surface area contributed by atoms with Crippen molar-refractivity contribution in [1.82, 2.24) is 18.8 Å². The first-order valence-corrected chi connectivity index (χ1v) is 12.1. The van der Waals surface area contributed by atoms with Crippen molar-refractivity contribution < 1.29 is 13.2 Å². The fraction of sp³-hybridized carbons (Fsp3) is 0.318. The highest BCUT2D eigenvalue weighted by atomic mass is 35.5. The molecule has 168 valence electrons. The molecule has 0 saturated carbocycles. The van der Waals surface area contributed by atoms with E-state index in [1.807, 2.05) is 6.07 Å². The van der Waals surface area contributed by atoms with Gasteiger partial charge in [-0.3, -0.25) is 14.2 Å². The summed E-state index contributed by atoms with van der Waals surface area (Å²) in [5, 5.41) is 0.988. The molecule has 0 aliphatic carbocycles. The minimum Gasteiger partial charge on any atom is -0.340 e. The van der Waals surface area contributed by atoms with Gasteiger partial charge in [-0.2, -0.15) is 4.31 Å². The van der Waals surface area contributed by atoms with E-state index in [0.717, 1.165) is 0 Å². The molecule has 1 aromatic heterocycles. The number of nitrogens with zero attached hydrogens (tertiary/aromatic N) is 4. The number of para-hydroxylation sites is 1. The summed E-state index contributed by atoms with van der Waals surface area (Å²) < 4.78 is 28.5. The van der Waals surface area contributed by atoms with Gasteiger partial charge in [0.1, 0.15) is 5.82 Å². The third-order valence-corrected chi connectivity index (χ3v) is 7.81. The molecule has 3 aromatic rings. The van der Waals surface area contributed by atoms with E-state index in [1.54, 1.807) is 42.2 Å². The smallest absolute Gasteiger partial charge is 0.261 e. The Bertz CT molecular complexity index is 1310. The number of fused-ring (bicyclic) bond motifs is 1. The molecule has 1 aliphatic heterocycles. The van der Waals surface area contributed by atoms with Crippen molar-refractivity contribution >= 4 is 38.4 Å². The normalized spacial score (nSPS) is 15.2. The Kier molecular flexibility index (Phi) is 6.32. The number of amides is 1. The summed E-state index contributed by atoms with van der Waals surface area (Å²) in [4.78, 5) is 31.8. The van der Waals surface area contributed by atoms with Gasteiger partial charge >= 0.3 is 0 Å². The minimum absolute atomic E-state index is 0.118. The number of hydrogen-bond acceptors (Lipinski definition) is 5. The van der Waals surface area contributed by atoms with E-state index in [0.29, 0.717) is 34.8 Å². The van der Waals surface area contributed by atoms with Crippen LogP contribution in [0.15, 0.2) is 58.2 Å². The quantitative estimate of drug-likeness (QED) is 0.565. The second kappa shape index (κ2) is 9.01. The fourth-order valence-corrected chi connectivity index (χ4v) is 5.39. The Morgan fingerprint density at radius 2 is 1.69 bits per heavy atom. The van der Waals surface area contributed by atoms with Crippen molar-refractivity contribution in [2.75, 3.05) is 26.2 Å². The number of aryl methyl sites for hydroxylation is 1. The van der Waals surface area contributed by atoms with Gasteiger partial charge in [-0.1, -0.05) is 23.7 Å². The maximum Gasteiger partial charge on any atom is 0.261 e. The second-order valence-corrected chi connectivity index (χ2v) is 10.00. The summed E-state index contributed by atoms with van der Waals surface area (Å²) in [5.74, 6) is 0.438. The van der Waals surface area contributed by atoms with Crippen molar-refractivity contribution in [2.45, 2.75) is 24.8 Å². The SMILES string of the molecule is Cc1nc2ccccc2c(=O)n1CCC(=O)N1CCN(S(=O)(=O)c2ccc(Cl)cc2)CC1. The summed E-state index contributed by atoms with van der Waals surface area (Å²) in [6.07, 6.45) is 0.144. The fourth-order valence-electron chi connectivity index (χ4n) is 3.84. The molecule has 1 aliphatic rings. The Balaban J connectivity index is 1.39. The molecule has 0 radical (unpaired) electrons. The lowest BCUT2D eigenvalue weighted by molar-refractivity contribution is -0.132.